The molecule has 54 heavy (non-hydrogen) atoms. The number of imidazole rings is 1. The molecule has 3 atom stereocenters. The van der Waals surface area contributed by atoms with Crippen molar-refractivity contribution in [1.29, 1.82) is 5.41 Å². The molecule has 0 spiro atoms. The number of benzene rings is 3. The van der Waals surface area contributed by atoms with Gasteiger partial charge in [-0.25, -0.2) is 18.6 Å². The number of hydrogen-bond acceptors (Lipinski definition) is 7. The van der Waals surface area contributed by atoms with Gasteiger partial charge < -0.3 is 24.8 Å². The van der Waals surface area contributed by atoms with Crippen LogP contribution in [-0.2, 0) is 27.2 Å². The molecule has 3 N–H and O–H groups in total. The summed E-state index contributed by atoms with van der Waals surface area (Å²) in [5.41, 5.74) is 7.93. The van der Waals surface area contributed by atoms with E-state index in [-0.39, 0.29) is 30.1 Å². The highest BCUT2D eigenvalue weighted by Crippen LogP contribution is 2.44. The fourth-order valence-corrected chi connectivity index (χ4v) is 7.72. The number of anilines is 1. The van der Waals surface area contributed by atoms with E-state index in [0.717, 1.165) is 58.1 Å². The first-order chi connectivity index (χ1) is 25.9. The molecule has 4 heterocycles. The number of alkyl carbamates (subject to hydrolysis) is 1. The molecule has 1 saturated heterocycles. The number of nitrogens with one attached hydrogen (secondary N) is 3. The Hall–Kier alpha value is -5.72. The highest BCUT2D eigenvalue weighted by Gasteiger charge is 2.48. The SMILES string of the molecule is COC(=O)NC(C(=O)N1CC(F)(F)CC1CN=CC(=N)c1ccc(-c2ccc(-c3cnc(C4Cc5cccc6c5N4C(=O)CCC6)[nH]3)cc2)cc1)C(C)C. The molecule has 0 bridgehead atoms. The molecule has 1 aromatic heterocycles. The summed E-state index contributed by atoms with van der Waals surface area (Å²) in [6, 6.07) is 19.7. The second-order valence-corrected chi connectivity index (χ2v) is 14.5. The number of hydrogen-bond donors (Lipinski definition) is 3. The van der Waals surface area contributed by atoms with Gasteiger partial charge in [0.2, 0.25) is 11.8 Å². The Morgan fingerprint density at radius 2 is 1.74 bits per heavy atom. The second-order valence-electron chi connectivity index (χ2n) is 14.5. The lowest BCUT2D eigenvalue weighted by Crippen LogP contribution is -2.53. The van der Waals surface area contributed by atoms with Crippen LogP contribution in [-0.4, -0.2) is 82.9 Å². The molecule has 3 aliphatic heterocycles. The fraction of sp³-hybridized carbons (Fsp3) is 0.366. The van der Waals surface area contributed by atoms with E-state index >= 15 is 0 Å². The number of amides is 3. The van der Waals surface area contributed by atoms with E-state index in [0.29, 0.717) is 12.0 Å². The van der Waals surface area contributed by atoms with Gasteiger partial charge in [0.1, 0.15) is 11.9 Å². The molecule has 0 radical (unpaired) electrons. The Morgan fingerprint density at radius 3 is 2.44 bits per heavy atom. The number of likely N-dealkylation sites (tertiary alicyclic amines) is 1. The van der Waals surface area contributed by atoms with Crippen LogP contribution in [0, 0.1) is 11.3 Å². The summed E-state index contributed by atoms with van der Waals surface area (Å²) in [5.74, 6) is -3.15. The third-order valence-electron chi connectivity index (χ3n) is 10.5. The second kappa shape index (κ2) is 15.0. The van der Waals surface area contributed by atoms with E-state index in [1.807, 2.05) is 47.5 Å². The molecule has 0 saturated carbocycles. The van der Waals surface area contributed by atoms with Gasteiger partial charge in [0, 0.05) is 31.0 Å². The van der Waals surface area contributed by atoms with Gasteiger partial charge in [-0.15, -0.1) is 0 Å². The van der Waals surface area contributed by atoms with Gasteiger partial charge in [-0.05, 0) is 46.6 Å². The maximum atomic E-state index is 14.5. The average molecular weight is 736 g/mol. The molecular formula is C41H43F2N7O4. The van der Waals surface area contributed by atoms with Crippen molar-refractivity contribution in [1.82, 2.24) is 20.2 Å². The zero-order chi connectivity index (χ0) is 38.1. The zero-order valence-electron chi connectivity index (χ0n) is 30.4. The van der Waals surface area contributed by atoms with E-state index in [4.69, 9.17) is 10.4 Å². The standard InChI is InChI=1S/C41H43F2N7O4/c1-24(2)36(48-40(53)54-3)39(52)49-23-41(42,43)19-31(49)20-45-21-32(44)27-14-10-25(11-15-27)26-12-16-28(17-13-26)33-22-46-38(47-33)34-18-30-8-4-6-29-7-5-9-35(51)50(34)37(29)30/h4,6,8,10-17,21-22,24,31,34,36,44H,5,7,9,18-20,23H2,1-3H3,(H,46,47)(H,48,53). The molecule has 280 valence electrons. The van der Waals surface area contributed by atoms with Gasteiger partial charge in [-0.1, -0.05) is 80.6 Å². The number of aromatic amines is 1. The van der Waals surface area contributed by atoms with E-state index in [1.165, 1.54) is 24.5 Å². The number of para-hydroxylation sites is 1. The molecule has 4 aromatic rings. The lowest BCUT2D eigenvalue weighted by atomic mass is 10.0. The van der Waals surface area contributed by atoms with Crippen LogP contribution in [0.25, 0.3) is 22.4 Å². The van der Waals surface area contributed by atoms with Crippen molar-refractivity contribution in [2.75, 3.05) is 25.1 Å². The van der Waals surface area contributed by atoms with Crippen molar-refractivity contribution in [3.8, 4) is 22.4 Å². The summed E-state index contributed by atoms with van der Waals surface area (Å²) in [5, 5.41) is 11.0. The lowest BCUT2D eigenvalue weighted by Gasteiger charge is -2.29. The summed E-state index contributed by atoms with van der Waals surface area (Å²) < 4.78 is 33.6. The van der Waals surface area contributed by atoms with Crippen LogP contribution in [0.5, 0.6) is 0 Å². The Kier molecular flexibility index (Phi) is 10.1. The topological polar surface area (TPSA) is 144 Å². The van der Waals surface area contributed by atoms with E-state index in [2.05, 4.69) is 38.2 Å². The molecule has 11 nitrogen and oxygen atoms in total. The monoisotopic (exact) mass is 735 g/mol. The third kappa shape index (κ3) is 7.39. The zero-order valence-corrected chi connectivity index (χ0v) is 30.4. The number of aromatic nitrogens is 2. The number of H-pyrrole nitrogens is 1. The average Bonchev–Trinajstić information content (AvgIpc) is 3.86. The molecule has 13 heteroatoms. The Labute approximate surface area is 312 Å². The summed E-state index contributed by atoms with van der Waals surface area (Å²) >= 11 is 0. The van der Waals surface area contributed by atoms with Crippen molar-refractivity contribution in [3.05, 3.63) is 95.4 Å². The number of halogens is 2. The third-order valence-corrected chi connectivity index (χ3v) is 10.5. The van der Waals surface area contributed by atoms with E-state index in [9.17, 15) is 23.2 Å². The molecular weight excluding hydrogens is 692 g/mol. The molecule has 3 unspecified atom stereocenters. The van der Waals surface area contributed by atoms with Gasteiger partial charge >= 0.3 is 6.09 Å². The van der Waals surface area contributed by atoms with Crippen LogP contribution >= 0.6 is 0 Å². The first-order valence-electron chi connectivity index (χ1n) is 18.2. The first kappa shape index (κ1) is 36.6. The number of ether oxygens (including phenoxy) is 1. The number of alkyl halides is 2. The first-order valence-corrected chi connectivity index (χ1v) is 18.2. The van der Waals surface area contributed by atoms with Crippen molar-refractivity contribution in [2.24, 2.45) is 10.9 Å². The van der Waals surface area contributed by atoms with Crippen LogP contribution in [0.1, 0.15) is 61.7 Å². The van der Waals surface area contributed by atoms with E-state index in [1.54, 1.807) is 26.0 Å². The highest BCUT2D eigenvalue weighted by atomic mass is 19.3. The highest BCUT2D eigenvalue weighted by molar-refractivity contribution is 6.36. The maximum Gasteiger partial charge on any atom is 0.407 e. The van der Waals surface area contributed by atoms with Gasteiger partial charge in [0.25, 0.3) is 5.92 Å². The lowest BCUT2D eigenvalue weighted by molar-refractivity contribution is -0.136. The predicted octanol–water partition coefficient (Wildman–Crippen LogP) is 6.77. The fourth-order valence-electron chi connectivity index (χ4n) is 7.72. The molecule has 3 aromatic carbocycles. The quantitative estimate of drug-likeness (QED) is 0.154. The summed E-state index contributed by atoms with van der Waals surface area (Å²) in [4.78, 5) is 53.7. The summed E-state index contributed by atoms with van der Waals surface area (Å²) in [6.07, 6.45) is 4.78. The van der Waals surface area contributed by atoms with Gasteiger partial charge in [-0.2, -0.15) is 0 Å². The number of carbonyl (C=O) groups is 3. The normalized spacial score (nSPS) is 19.6. The predicted molar refractivity (Wildman–Crippen MR) is 202 cm³/mol. The number of carbonyl (C=O) groups excluding carboxylic acids is 3. The van der Waals surface area contributed by atoms with Crippen LogP contribution in [0.4, 0.5) is 19.3 Å². The van der Waals surface area contributed by atoms with Crippen LogP contribution < -0.4 is 10.2 Å². The van der Waals surface area contributed by atoms with E-state index < -0.39 is 43.0 Å². The Morgan fingerprint density at radius 1 is 1.06 bits per heavy atom. The van der Waals surface area contributed by atoms with Crippen LogP contribution in [0.15, 0.2) is 77.9 Å². The number of methoxy groups -OCH3 is 1. The largest absolute Gasteiger partial charge is 0.453 e. The minimum absolute atomic E-state index is 0.102. The molecule has 0 aliphatic carbocycles. The van der Waals surface area contributed by atoms with Crippen molar-refractivity contribution < 1.29 is 27.9 Å². The summed E-state index contributed by atoms with van der Waals surface area (Å²) in [6.45, 7) is 2.55. The van der Waals surface area contributed by atoms with Crippen LogP contribution in [0.2, 0.25) is 0 Å². The van der Waals surface area contributed by atoms with Gasteiger partial charge in [-0.3, -0.25) is 20.0 Å². The van der Waals surface area contributed by atoms with Gasteiger partial charge in [0.05, 0.1) is 55.6 Å². The van der Waals surface area contributed by atoms with Crippen molar-refractivity contribution >= 4 is 35.5 Å². The number of aliphatic imine (C=N–C) groups is 1. The summed E-state index contributed by atoms with van der Waals surface area (Å²) in [7, 11) is 1.17. The Balaban J connectivity index is 0.980. The van der Waals surface area contributed by atoms with Crippen molar-refractivity contribution in [3.63, 3.8) is 0 Å². The number of aryl methyl sites for hydroxylation is 1. The van der Waals surface area contributed by atoms with Crippen molar-refractivity contribution in [2.45, 2.75) is 70.0 Å². The van der Waals surface area contributed by atoms with Crippen LogP contribution in [0.3, 0.4) is 0 Å². The minimum Gasteiger partial charge on any atom is -0.453 e. The van der Waals surface area contributed by atoms with Gasteiger partial charge in [0.15, 0.2) is 0 Å². The molecule has 7 rings (SSSR count). The Bertz CT molecular complexity index is 2090. The molecule has 3 aliphatic rings. The number of rotatable bonds is 10. The molecule has 3 amide bonds. The smallest absolute Gasteiger partial charge is 0.407 e. The minimum atomic E-state index is -3.09. The molecule has 1 fully saturated rings. The number of nitrogens with zero attached hydrogens (tertiary/aromatic N) is 4. The maximum absolute atomic E-state index is 14.5.